The molecule has 5 nitrogen and oxygen atoms in total. The number of ether oxygens (including phenoxy) is 2. The van der Waals surface area contributed by atoms with E-state index in [4.69, 9.17) is 9.47 Å². The SMILES string of the molecule is CCCOc1ccc(CNC(=O)c2ccc(OC)c(O)c2)cc1. The topological polar surface area (TPSA) is 67.8 Å². The first-order valence-electron chi connectivity index (χ1n) is 7.51. The zero-order valence-corrected chi connectivity index (χ0v) is 13.3. The molecule has 0 aromatic heterocycles. The molecule has 2 aromatic rings. The van der Waals surface area contributed by atoms with Gasteiger partial charge < -0.3 is 19.9 Å². The summed E-state index contributed by atoms with van der Waals surface area (Å²) >= 11 is 0. The van der Waals surface area contributed by atoms with E-state index in [1.54, 1.807) is 12.1 Å². The van der Waals surface area contributed by atoms with Crippen molar-refractivity contribution in [1.29, 1.82) is 0 Å². The van der Waals surface area contributed by atoms with Crippen molar-refractivity contribution < 1.29 is 19.4 Å². The molecule has 0 aliphatic rings. The summed E-state index contributed by atoms with van der Waals surface area (Å²) in [4.78, 5) is 12.1. The standard InChI is InChI=1S/C18H21NO4/c1-3-10-23-15-7-4-13(5-8-15)12-19-18(21)14-6-9-17(22-2)16(20)11-14/h4-9,11,20H,3,10,12H2,1-2H3,(H,19,21). The number of carbonyl (C=O) groups excluding carboxylic acids is 1. The van der Waals surface area contributed by atoms with E-state index in [-0.39, 0.29) is 11.7 Å². The van der Waals surface area contributed by atoms with Crippen LogP contribution in [0.25, 0.3) is 0 Å². The predicted molar refractivity (Wildman–Crippen MR) is 88.1 cm³/mol. The lowest BCUT2D eigenvalue weighted by molar-refractivity contribution is 0.0950. The molecule has 0 saturated heterocycles. The van der Waals surface area contributed by atoms with Crippen molar-refractivity contribution in [3.05, 3.63) is 53.6 Å². The van der Waals surface area contributed by atoms with Gasteiger partial charge in [0.2, 0.25) is 0 Å². The maximum atomic E-state index is 12.1. The van der Waals surface area contributed by atoms with Gasteiger partial charge >= 0.3 is 0 Å². The second-order valence-electron chi connectivity index (χ2n) is 5.06. The van der Waals surface area contributed by atoms with Crippen LogP contribution in [0.5, 0.6) is 17.2 Å². The maximum absolute atomic E-state index is 12.1. The van der Waals surface area contributed by atoms with E-state index < -0.39 is 0 Å². The first-order valence-corrected chi connectivity index (χ1v) is 7.51. The van der Waals surface area contributed by atoms with Gasteiger partial charge in [0.1, 0.15) is 5.75 Å². The van der Waals surface area contributed by atoms with Gasteiger partial charge in [-0.05, 0) is 42.3 Å². The highest BCUT2D eigenvalue weighted by Crippen LogP contribution is 2.26. The monoisotopic (exact) mass is 315 g/mol. The Morgan fingerprint density at radius 3 is 2.52 bits per heavy atom. The number of methoxy groups -OCH3 is 1. The fourth-order valence-corrected chi connectivity index (χ4v) is 2.04. The molecule has 0 saturated carbocycles. The molecule has 23 heavy (non-hydrogen) atoms. The number of rotatable bonds is 7. The lowest BCUT2D eigenvalue weighted by atomic mass is 10.1. The number of phenols is 1. The summed E-state index contributed by atoms with van der Waals surface area (Å²) in [6.07, 6.45) is 0.965. The van der Waals surface area contributed by atoms with E-state index in [2.05, 4.69) is 12.2 Å². The van der Waals surface area contributed by atoms with Crippen LogP contribution in [0.1, 0.15) is 29.3 Å². The number of amides is 1. The quantitative estimate of drug-likeness (QED) is 0.824. The zero-order valence-electron chi connectivity index (χ0n) is 13.3. The highest BCUT2D eigenvalue weighted by atomic mass is 16.5. The lowest BCUT2D eigenvalue weighted by Crippen LogP contribution is -2.22. The highest BCUT2D eigenvalue weighted by molar-refractivity contribution is 5.94. The maximum Gasteiger partial charge on any atom is 0.251 e. The predicted octanol–water partition coefficient (Wildman–Crippen LogP) is 3.12. The smallest absolute Gasteiger partial charge is 0.251 e. The Morgan fingerprint density at radius 1 is 1.17 bits per heavy atom. The molecule has 122 valence electrons. The molecule has 0 unspecified atom stereocenters. The fraction of sp³-hybridized carbons (Fsp3) is 0.278. The minimum absolute atomic E-state index is 0.0578. The third-order valence-corrected chi connectivity index (χ3v) is 3.29. The second-order valence-corrected chi connectivity index (χ2v) is 5.06. The summed E-state index contributed by atoms with van der Waals surface area (Å²) < 4.78 is 10.5. The van der Waals surface area contributed by atoms with Gasteiger partial charge in [0, 0.05) is 12.1 Å². The third-order valence-electron chi connectivity index (χ3n) is 3.29. The molecule has 5 heteroatoms. The minimum Gasteiger partial charge on any atom is -0.504 e. The third kappa shape index (κ3) is 4.64. The van der Waals surface area contributed by atoms with Gasteiger partial charge in [0.25, 0.3) is 5.91 Å². The van der Waals surface area contributed by atoms with Crippen molar-refractivity contribution in [2.24, 2.45) is 0 Å². The van der Waals surface area contributed by atoms with Gasteiger partial charge in [-0.2, -0.15) is 0 Å². The van der Waals surface area contributed by atoms with Crippen LogP contribution >= 0.6 is 0 Å². The molecule has 0 aliphatic heterocycles. The van der Waals surface area contributed by atoms with Crippen LogP contribution in [0.2, 0.25) is 0 Å². The molecule has 0 aliphatic carbocycles. The number of carbonyl (C=O) groups is 1. The van der Waals surface area contributed by atoms with Crippen molar-refractivity contribution in [2.45, 2.75) is 19.9 Å². The van der Waals surface area contributed by atoms with E-state index in [0.29, 0.717) is 24.5 Å². The number of nitrogens with one attached hydrogen (secondary N) is 1. The number of hydrogen-bond donors (Lipinski definition) is 2. The minimum atomic E-state index is -0.255. The van der Waals surface area contributed by atoms with Crippen molar-refractivity contribution in [3.63, 3.8) is 0 Å². The summed E-state index contributed by atoms with van der Waals surface area (Å²) in [6.45, 7) is 3.15. The summed E-state index contributed by atoms with van der Waals surface area (Å²) in [5, 5.41) is 12.5. The Bertz CT molecular complexity index is 653. The van der Waals surface area contributed by atoms with Crippen molar-refractivity contribution in [1.82, 2.24) is 5.32 Å². The molecule has 2 rings (SSSR count). The van der Waals surface area contributed by atoms with E-state index in [1.807, 2.05) is 24.3 Å². The van der Waals surface area contributed by atoms with E-state index in [0.717, 1.165) is 17.7 Å². The van der Waals surface area contributed by atoms with Crippen molar-refractivity contribution >= 4 is 5.91 Å². The summed E-state index contributed by atoms with van der Waals surface area (Å²) in [7, 11) is 1.46. The number of hydrogen-bond acceptors (Lipinski definition) is 4. The Morgan fingerprint density at radius 2 is 1.91 bits per heavy atom. The van der Waals surface area contributed by atoms with Crippen LogP contribution in [0, 0.1) is 0 Å². The molecular formula is C18H21NO4. The molecule has 0 fully saturated rings. The number of aromatic hydroxyl groups is 1. The molecule has 0 bridgehead atoms. The number of phenolic OH excluding ortho intramolecular Hbond substituents is 1. The van der Waals surface area contributed by atoms with Gasteiger partial charge in [-0.1, -0.05) is 19.1 Å². The molecule has 2 aromatic carbocycles. The van der Waals surface area contributed by atoms with Crippen LogP contribution < -0.4 is 14.8 Å². The molecule has 0 heterocycles. The largest absolute Gasteiger partial charge is 0.504 e. The van der Waals surface area contributed by atoms with Gasteiger partial charge in [-0.25, -0.2) is 0 Å². The first kappa shape index (κ1) is 16.7. The lowest BCUT2D eigenvalue weighted by Gasteiger charge is -2.09. The van der Waals surface area contributed by atoms with Crippen molar-refractivity contribution in [2.75, 3.05) is 13.7 Å². The zero-order chi connectivity index (χ0) is 16.7. The van der Waals surface area contributed by atoms with Crippen LogP contribution in [-0.2, 0) is 6.54 Å². The molecular weight excluding hydrogens is 294 g/mol. The summed E-state index contributed by atoms with van der Waals surface area (Å²) in [6, 6.07) is 12.1. The van der Waals surface area contributed by atoms with Gasteiger partial charge in [0.05, 0.1) is 13.7 Å². The van der Waals surface area contributed by atoms with Crippen LogP contribution in [0.3, 0.4) is 0 Å². The first-order chi connectivity index (χ1) is 11.1. The Labute approximate surface area is 135 Å². The van der Waals surface area contributed by atoms with Crippen LogP contribution in [0.4, 0.5) is 0 Å². The van der Waals surface area contributed by atoms with Crippen LogP contribution in [-0.4, -0.2) is 24.7 Å². The normalized spacial score (nSPS) is 10.2. The van der Waals surface area contributed by atoms with Crippen molar-refractivity contribution in [3.8, 4) is 17.2 Å². The van der Waals surface area contributed by atoms with Gasteiger partial charge in [-0.15, -0.1) is 0 Å². The van der Waals surface area contributed by atoms with Gasteiger partial charge in [-0.3, -0.25) is 4.79 Å². The Balaban J connectivity index is 1.92. The molecule has 0 spiro atoms. The summed E-state index contributed by atoms with van der Waals surface area (Å²) in [5.74, 6) is 0.845. The fourth-order valence-electron chi connectivity index (χ4n) is 2.04. The van der Waals surface area contributed by atoms with E-state index in [1.165, 1.54) is 13.2 Å². The van der Waals surface area contributed by atoms with E-state index in [9.17, 15) is 9.90 Å². The number of benzene rings is 2. The average Bonchev–Trinajstić information content (AvgIpc) is 2.58. The Kier molecular flexibility index (Phi) is 5.86. The Hall–Kier alpha value is -2.69. The highest BCUT2D eigenvalue weighted by Gasteiger charge is 2.09. The second kappa shape index (κ2) is 8.08. The molecule has 1 amide bonds. The molecule has 2 N–H and O–H groups in total. The average molecular weight is 315 g/mol. The summed E-state index contributed by atoms with van der Waals surface area (Å²) in [5.41, 5.74) is 1.35. The molecule has 0 atom stereocenters. The van der Waals surface area contributed by atoms with Gasteiger partial charge in [0.15, 0.2) is 11.5 Å². The van der Waals surface area contributed by atoms with Crippen LogP contribution in [0.15, 0.2) is 42.5 Å². The van der Waals surface area contributed by atoms with E-state index >= 15 is 0 Å². The molecule has 0 radical (unpaired) electrons.